The summed E-state index contributed by atoms with van der Waals surface area (Å²) in [5.41, 5.74) is 2.07. The van der Waals surface area contributed by atoms with Crippen LogP contribution in [0.25, 0.3) is 11.1 Å². The van der Waals surface area contributed by atoms with Crippen molar-refractivity contribution in [3.8, 4) is 11.1 Å². The molecule has 3 rings (SSSR count). The Morgan fingerprint density at radius 2 is 2.11 bits per heavy atom. The molecule has 1 saturated heterocycles. The molecule has 1 N–H and O–H groups in total. The second kappa shape index (κ2) is 8.72. The molecule has 1 heterocycles. The maximum absolute atomic E-state index is 13.4. The highest BCUT2D eigenvalue weighted by molar-refractivity contribution is 6.31. The molecule has 1 atom stereocenters. The lowest BCUT2D eigenvalue weighted by Gasteiger charge is -2.20. The van der Waals surface area contributed by atoms with Crippen molar-refractivity contribution in [2.24, 2.45) is 5.92 Å². The number of likely N-dealkylation sites (tertiary alicyclic amines) is 1. The Morgan fingerprint density at radius 3 is 2.81 bits per heavy atom. The molecule has 0 spiro atoms. The summed E-state index contributed by atoms with van der Waals surface area (Å²) < 4.78 is 18.9. The number of ether oxygens (including phenoxy) is 1. The first-order chi connectivity index (χ1) is 12.9. The van der Waals surface area contributed by atoms with Crippen molar-refractivity contribution in [1.29, 1.82) is 0 Å². The Labute approximate surface area is 164 Å². The molecule has 1 unspecified atom stereocenters. The minimum Gasteiger partial charge on any atom is -0.449 e. The zero-order chi connectivity index (χ0) is 19.4. The fourth-order valence-electron chi connectivity index (χ4n) is 3.31. The Hall–Kier alpha value is -2.11. The summed E-state index contributed by atoms with van der Waals surface area (Å²) in [6, 6.07) is 12.3. The van der Waals surface area contributed by atoms with Crippen molar-refractivity contribution < 1.29 is 13.9 Å². The van der Waals surface area contributed by atoms with Crippen molar-refractivity contribution in [3.63, 3.8) is 0 Å². The minimum atomic E-state index is -0.487. The largest absolute Gasteiger partial charge is 0.449 e. The summed E-state index contributed by atoms with van der Waals surface area (Å²) in [4.78, 5) is 14.6. The summed E-state index contributed by atoms with van der Waals surface area (Å²) in [6.07, 6.45) is 0.550. The monoisotopic (exact) mass is 390 g/mol. The molecule has 1 aliphatic heterocycles. The zero-order valence-corrected chi connectivity index (χ0v) is 16.3. The van der Waals surface area contributed by atoms with Gasteiger partial charge in [-0.25, -0.2) is 9.18 Å². The molecule has 144 valence electrons. The Morgan fingerprint density at radius 1 is 1.33 bits per heavy atom. The fraction of sp³-hybridized carbons (Fsp3) is 0.381. The standard InChI is InChI=1S/C21H24ClFN2O2/c1-14(2)25-10-9-15(12-25)13-27-21(26)24-20-6-4-3-5-17(20)16-7-8-19(23)18(22)11-16/h3-8,11,14-15H,9-10,12-13H2,1-2H3,(H,24,26). The molecule has 0 aromatic heterocycles. The van der Waals surface area contributed by atoms with Gasteiger partial charge in [0.2, 0.25) is 0 Å². The summed E-state index contributed by atoms with van der Waals surface area (Å²) in [7, 11) is 0. The molecule has 27 heavy (non-hydrogen) atoms. The molecule has 4 nitrogen and oxygen atoms in total. The second-order valence-electron chi connectivity index (χ2n) is 7.14. The first-order valence-corrected chi connectivity index (χ1v) is 9.54. The highest BCUT2D eigenvalue weighted by Gasteiger charge is 2.25. The SMILES string of the molecule is CC(C)N1CCC(COC(=O)Nc2ccccc2-c2ccc(F)c(Cl)c2)C1. The lowest BCUT2D eigenvalue weighted by molar-refractivity contribution is 0.139. The molecule has 0 saturated carbocycles. The van der Waals surface area contributed by atoms with Crippen LogP contribution in [-0.4, -0.2) is 36.7 Å². The van der Waals surface area contributed by atoms with E-state index in [4.69, 9.17) is 16.3 Å². The molecule has 2 aromatic rings. The van der Waals surface area contributed by atoms with Gasteiger partial charge in [0.1, 0.15) is 5.82 Å². The Balaban J connectivity index is 1.62. The van der Waals surface area contributed by atoms with Gasteiger partial charge in [-0.1, -0.05) is 35.9 Å². The average molecular weight is 391 g/mol. The van der Waals surface area contributed by atoms with Crippen LogP contribution < -0.4 is 5.32 Å². The number of rotatable bonds is 5. The Kier molecular flexibility index (Phi) is 6.34. The number of carbonyl (C=O) groups is 1. The highest BCUT2D eigenvalue weighted by atomic mass is 35.5. The van der Waals surface area contributed by atoms with E-state index in [2.05, 4.69) is 24.1 Å². The fourth-order valence-corrected chi connectivity index (χ4v) is 3.50. The minimum absolute atomic E-state index is 0.0424. The van der Waals surface area contributed by atoms with Crippen LogP contribution in [0, 0.1) is 11.7 Å². The first-order valence-electron chi connectivity index (χ1n) is 9.16. The summed E-state index contributed by atoms with van der Waals surface area (Å²) in [5, 5.41) is 2.83. The highest BCUT2D eigenvalue weighted by Crippen LogP contribution is 2.30. The van der Waals surface area contributed by atoms with E-state index < -0.39 is 11.9 Å². The third-order valence-electron chi connectivity index (χ3n) is 4.89. The maximum Gasteiger partial charge on any atom is 0.411 e. The summed E-state index contributed by atoms with van der Waals surface area (Å²) in [5.74, 6) is -0.110. The molecule has 0 aliphatic carbocycles. The topological polar surface area (TPSA) is 41.6 Å². The van der Waals surface area contributed by atoms with Crippen molar-refractivity contribution in [2.45, 2.75) is 26.3 Å². The predicted octanol–water partition coefficient (Wildman–Crippen LogP) is 5.42. The van der Waals surface area contributed by atoms with Crippen LogP contribution >= 0.6 is 11.6 Å². The van der Waals surface area contributed by atoms with Gasteiger partial charge in [0.25, 0.3) is 0 Å². The van der Waals surface area contributed by atoms with E-state index >= 15 is 0 Å². The predicted molar refractivity (Wildman–Crippen MR) is 107 cm³/mol. The van der Waals surface area contributed by atoms with Crippen LogP contribution in [0.5, 0.6) is 0 Å². The molecule has 2 aromatic carbocycles. The van der Waals surface area contributed by atoms with E-state index in [1.165, 1.54) is 6.07 Å². The van der Waals surface area contributed by atoms with Gasteiger partial charge in [-0.3, -0.25) is 5.32 Å². The van der Waals surface area contributed by atoms with Crippen LogP contribution in [0.1, 0.15) is 20.3 Å². The van der Waals surface area contributed by atoms with E-state index in [1.54, 1.807) is 18.2 Å². The van der Waals surface area contributed by atoms with Gasteiger partial charge >= 0.3 is 6.09 Å². The zero-order valence-electron chi connectivity index (χ0n) is 15.5. The smallest absolute Gasteiger partial charge is 0.411 e. The number of nitrogens with zero attached hydrogens (tertiary/aromatic N) is 1. The third kappa shape index (κ3) is 4.99. The normalized spacial score (nSPS) is 17.3. The second-order valence-corrected chi connectivity index (χ2v) is 7.55. The van der Waals surface area contributed by atoms with Crippen molar-refractivity contribution >= 4 is 23.4 Å². The van der Waals surface area contributed by atoms with E-state index in [0.717, 1.165) is 30.6 Å². The van der Waals surface area contributed by atoms with Crippen LogP contribution in [0.4, 0.5) is 14.9 Å². The van der Waals surface area contributed by atoms with Crippen LogP contribution in [0.3, 0.4) is 0 Å². The maximum atomic E-state index is 13.4. The van der Waals surface area contributed by atoms with Gasteiger partial charge in [-0.15, -0.1) is 0 Å². The van der Waals surface area contributed by atoms with E-state index in [-0.39, 0.29) is 5.02 Å². The molecule has 6 heteroatoms. The number of carbonyl (C=O) groups excluding carboxylic acids is 1. The quantitative estimate of drug-likeness (QED) is 0.740. The van der Waals surface area contributed by atoms with Crippen molar-refractivity contribution in [3.05, 3.63) is 53.3 Å². The number of nitrogens with one attached hydrogen (secondary N) is 1. The summed E-state index contributed by atoms with van der Waals surface area (Å²) >= 11 is 5.89. The number of amides is 1. The number of hydrogen-bond acceptors (Lipinski definition) is 3. The van der Waals surface area contributed by atoms with Gasteiger partial charge in [0, 0.05) is 24.1 Å². The molecule has 1 amide bonds. The van der Waals surface area contributed by atoms with E-state index in [9.17, 15) is 9.18 Å². The molecule has 1 fully saturated rings. The van der Waals surface area contributed by atoms with Gasteiger partial charge < -0.3 is 9.64 Å². The number of para-hydroxylation sites is 1. The molecule has 0 radical (unpaired) electrons. The van der Waals surface area contributed by atoms with Gasteiger partial charge in [-0.2, -0.15) is 0 Å². The molecule has 1 aliphatic rings. The van der Waals surface area contributed by atoms with Crippen molar-refractivity contribution in [2.75, 3.05) is 25.0 Å². The number of hydrogen-bond donors (Lipinski definition) is 1. The average Bonchev–Trinajstić information content (AvgIpc) is 3.12. The number of anilines is 1. The lowest BCUT2D eigenvalue weighted by Crippen LogP contribution is -2.29. The third-order valence-corrected chi connectivity index (χ3v) is 5.18. The van der Waals surface area contributed by atoms with Gasteiger partial charge in [0.05, 0.1) is 17.3 Å². The summed E-state index contributed by atoms with van der Waals surface area (Å²) in [6.45, 7) is 6.75. The lowest BCUT2D eigenvalue weighted by atomic mass is 10.0. The van der Waals surface area contributed by atoms with Gasteiger partial charge in [-0.05, 0) is 50.6 Å². The van der Waals surface area contributed by atoms with Crippen LogP contribution in [0.15, 0.2) is 42.5 Å². The van der Waals surface area contributed by atoms with Crippen LogP contribution in [0.2, 0.25) is 5.02 Å². The number of benzene rings is 2. The molecular weight excluding hydrogens is 367 g/mol. The first kappa shape index (κ1) is 19.6. The van der Waals surface area contributed by atoms with Crippen molar-refractivity contribution in [1.82, 2.24) is 4.90 Å². The molecular formula is C21H24ClFN2O2. The van der Waals surface area contributed by atoms with E-state index in [1.807, 2.05) is 18.2 Å². The van der Waals surface area contributed by atoms with Crippen LogP contribution in [-0.2, 0) is 4.74 Å². The number of halogens is 2. The Bertz CT molecular complexity index is 813. The van der Waals surface area contributed by atoms with Gasteiger partial charge in [0.15, 0.2) is 0 Å². The molecule has 0 bridgehead atoms. The van der Waals surface area contributed by atoms with E-state index in [0.29, 0.717) is 24.3 Å².